The van der Waals surface area contributed by atoms with Gasteiger partial charge < -0.3 is 20.1 Å². The smallest absolute Gasteiger partial charge is 0.191 e. The van der Waals surface area contributed by atoms with Gasteiger partial charge in [0.15, 0.2) is 5.96 Å². The Morgan fingerprint density at radius 1 is 1.19 bits per heavy atom. The first-order valence-corrected chi connectivity index (χ1v) is 9.65. The van der Waals surface area contributed by atoms with Crippen molar-refractivity contribution in [1.82, 2.24) is 15.5 Å². The largest absolute Gasteiger partial charge is 0.494 e. The fraction of sp³-hybridized carbons (Fsp3) is 0.650. The zero-order valence-electron chi connectivity index (χ0n) is 16.8. The molecule has 1 heterocycles. The summed E-state index contributed by atoms with van der Waals surface area (Å²) in [5.41, 5.74) is 0. The molecule has 1 aliphatic heterocycles. The number of benzene rings is 1. The number of ether oxygens (including phenoxy) is 2. The highest BCUT2D eigenvalue weighted by atomic mass is 127. The summed E-state index contributed by atoms with van der Waals surface area (Å²) < 4.78 is 11.2. The standard InChI is InChI=1S/C20H34N4O2.HI/c1-17(2)19(24-11-14-25-15-12-24)16-23-20(21-3)22-10-7-13-26-18-8-5-4-6-9-18;/h4-6,8-9,17,19H,7,10-16H2,1-3H3,(H2,21,22,23);1H. The minimum atomic E-state index is 0. The van der Waals surface area contributed by atoms with Crippen LogP contribution in [0.3, 0.4) is 0 Å². The number of rotatable bonds is 9. The van der Waals surface area contributed by atoms with Crippen LogP contribution in [-0.4, -0.2) is 69.9 Å². The molecule has 0 saturated carbocycles. The minimum Gasteiger partial charge on any atom is -0.494 e. The molecule has 1 atom stereocenters. The van der Waals surface area contributed by atoms with Gasteiger partial charge in [0, 0.05) is 39.3 Å². The fourth-order valence-electron chi connectivity index (χ4n) is 3.10. The van der Waals surface area contributed by atoms with Crippen molar-refractivity contribution in [3.63, 3.8) is 0 Å². The molecule has 0 bridgehead atoms. The van der Waals surface area contributed by atoms with Crippen LogP contribution in [0.25, 0.3) is 0 Å². The van der Waals surface area contributed by atoms with E-state index in [9.17, 15) is 0 Å². The van der Waals surface area contributed by atoms with Crippen LogP contribution in [0.15, 0.2) is 35.3 Å². The Bertz CT molecular complexity index is 522. The van der Waals surface area contributed by atoms with Crippen molar-refractivity contribution in [3.8, 4) is 5.75 Å². The van der Waals surface area contributed by atoms with Crippen molar-refractivity contribution in [2.75, 3.05) is 53.0 Å². The van der Waals surface area contributed by atoms with Crippen LogP contribution >= 0.6 is 24.0 Å². The lowest BCUT2D eigenvalue weighted by molar-refractivity contribution is 0.00752. The number of nitrogens with zero attached hydrogens (tertiary/aromatic N) is 2. The quantitative estimate of drug-likeness (QED) is 0.241. The molecule has 7 heteroatoms. The van der Waals surface area contributed by atoms with Gasteiger partial charge in [-0.1, -0.05) is 32.0 Å². The van der Waals surface area contributed by atoms with E-state index in [4.69, 9.17) is 9.47 Å². The monoisotopic (exact) mass is 490 g/mol. The Hall–Kier alpha value is -1.06. The van der Waals surface area contributed by atoms with E-state index in [-0.39, 0.29) is 24.0 Å². The van der Waals surface area contributed by atoms with Crippen LogP contribution < -0.4 is 15.4 Å². The molecule has 1 unspecified atom stereocenters. The molecule has 0 amide bonds. The second-order valence-corrected chi connectivity index (χ2v) is 6.85. The second-order valence-electron chi connectivity index (χ2n) is 6.85. The molecule has 2 rings (SSSR count). The van der Waals surface area contributed by atoms with Crippen LogP contribution in [0.1, 0.15) is 20.3 Å². The Kier molecular flexibility index (Phi) is 12.4. The number of halogens is 1. The number of para-hydroxylation sites is 1. The lowest BCUT2D eigenvalue weighted by Crippen LogP contribution is -2.52. The summed E-state index contributed by atoms with van der Waals surface area (Å²) in [6.45, 7) is 10.6. The van der Waals surface area contributed by atoms with E-state index >= 15 is 0 Å². The number of aliphatic imine (C=N–C) groups is 1. The van der Waals surface area contributed by atoms with Gasteiger partial charge in [0.2, 0.25) is 0 Å². The molecule has 1 aromatic rings. The van der Waals surface area contributed by atoms with E-state index in [2.05, 4.69) is 34.4 Å². The third-order valence-electron chi connectivity index (χ3n) is 4.61. The van der Waals surface area contributed by atoms with Crippen LogP contribution in [0.4, 0.5) is 0 Å². The predicted octanol–water partition coefficient (Wildman–Crippen LogP) is 2.60. The van der Waals surface area contributed by atoms with E-state index in [1.165, 1.54) is 0 Å². The molecule has 154 valence electrons. The van der Waals surface area contributed by atoms with Crippen molar-refractivity contribution < 1.29 is 9.47 Å². The average molecular weight is 490 g/mol. The number of hydrogen-bond acceptors (Lipinski definition) is 4. The van der Waals surface area contributed by atoms with Gasteiger partial charge in [0.05, 0.1) is 19.8 Å². The Labute approximate surface area is 181 Å². The van der Waals surface area contributed by atoms with Crippen LogP contribution in [0, 0.1) is 5.92 Å². The highest BCUT2D eigenvalue weighted by molar-refractivity contribution is 14.0. The lowest BCUT2D eigenvalue weighted by atomic mass is 10.0. The lowest BCUT2D eigenvalue weighted by Gasteiger charge is -2.37. The molecule has 2 N–H and O–H groups in total. The Morgan fingerprint density at radius 3 is 2.52 bits per heavy atom. The van der Waals surface area contributed by atoms with Gasteiger partial charge in [-0.2, -0.15) is 0 Å². The molecular weight excluding hydrogens is 455 g/mol. The fourth-order valence-corrected chi connectivity index (χ4v) is 3.10. The molecule has 27 heavy (non-hydrogen) atoms. The first-order valence-electron chi connectivity index (χ1n) is 9.65. The summed E-state index contributed by atoms with van der Waals surface area (Å²) in [7, 11) is 1.81. The normalized spacial score (nSPS) is 16.5. The van der Waals surface area contributed by atoms with Crippen LogP contribution in [-0.2, 0) is 4.74 Å². The van der Waals surface area contributed by atoms with E-state index in [0.717, 1.165) is 57.5 Å². The predicted molar refractivity (Wildman–Crippen MR) is 122 cm³/mol. The third kappa shape index (κ3) is 9.12. The van der Waals surface area contributed by atoms with Gasteiger partial charge in [-0.3, -0.25) is 9.89 Å². The van der Waals surface area contributed by atoms with Gasteiger partial charge >= 0.3 is 0 Å². The van der Waals surface area contributed by atoms with Crippen molar-refractivity contribution in [3.05, 3.63) is 30.3 Å². The molecule has 0 spiro atoms. The van der Waals surface area contributed by atoms with Crippen molar-refractivity contribution in [1.29, 1.82) is 0 Å². The molecule has 1 aromatic carbocycles. The number of guanidine groups is 1. The van der Waals surface area contributed by atoms with Crippen molar-refractivity contribution in [2.24, 2.45) is 10.9 Å². The van der Waals surface area contributed by atoms with Gasteiger partial charge in [0.25, 0.3) is 0 Å². The number of morpholine rings is 1. The van der Waals surface area contributed by atoms with E-state index in [1.807, 2.05) is 37.4 Å². The molecule has 1 saturated heterocycles. The molecular formula is C20H35IN4O2. The molecule has 0 aromatic heterocycles. The zero-order chi connectivity index (χ0) is 18.6. The molecule has 1 aliphatic rings. The first kappa shape index (κ1) is 24.0. The maximum Gasteiger partial charge on any atom is 0.191 e. The zero-order valence-corrected chi connectivity index (χ0v) is 19.1. The van der Waals surface area contributed by atoms with Crippen molar-refractivity contribution in [2.45, 2.75) is 26.3 Å². The maximum absolute atomic E-state index is 5.71. The first-order chi connectivity index (χ1) is 12.7. The summed E-state index contributed by atoms with van der Waals surface area (Å²) in [4.78, 5) is 6.85. The van der Waals surface area contributed by atoms with E-state index in [0.29, 0.717) is 18.6 Å². The van der Waals surface area contributed by atoms with Crippen LogP contribution in [0.2, 0.25) is 0 Å². The minimum absolute atomic E-state index is 0. The topological polar surface area (TPSA) is 58.1 Å². The van der Waals surface area contributed by atoms with Gasteiger partial charge in [-0.25, -0.2) is 0 Å². The molecule has 0 aliphatic carbocycles. The van der Waals surface area contributed by atoms with E-state index in [1.54, 1.807) is 0 Å². The van der Waals surface area contributed by atoms with Gasteiger partial charge in [-0.15, -0.1) is 24.0 Å². The summed E-state index contributed by atoms with van der Waals surface area (Å²) in [6, 6.07) is 10.4. The van der Waals surface area contributed by atoms with Gasteiger partial charge in [-0.05, 0) is 24.5 Å². The summed E-state index contributed by atoms with van der Waals surface area (Å²) in [5, 5.41) is 6.84. The average Bonchev–Trinajstić information content (AvgIpc) is 2.67. The third-order valence-corrected chi connectivity index (χ3v) is 4.61. The molecule has 0 radical (unpaired) electrons. The van der Waals surface area contributed by atoms with Crippen molar-refractivity contribution >= 4 is 29.9 Å². The second kappa shape index (κ2) is 14.0. The van der Waals surface area contributed by atoms with Crippen LogP contribution in [0.5, 0.6) is 5.75 Å². The molecule has 6 nitrogen and oxygen atoms in total. The highest BCUT2D eigenvalue weighted by Crippen LogP contribution is 2.12. The van der Waals surface area contributed by atoms with E-state index < -0.39 is 0 Å². The SMILES string of the molecule is CN=C(NCCCOc1ccccc1)NCC(C(C)C)N1CCOCC1.I. The molecule has 1 fully saturated rings. The summed E-state index contributed by atoms with van der Waals surface area (Å²) in [5.74, 6) is 2.35. The summed E-state index contributed by atoms with van der Waals surface area (Å²) in [6.07, 6.45) is 0.923. The number of nitrogens with one attached hydrogen (secondary N) is 2. The van der Waals surface area contributed by atoms with Gasteiger partial charge in [0.1, 0.15) is 5.75 Å². The Balaban J connectivity index is 0.00000364. The Morgan fingerprint density at radius 2 is 1.89 bits per heavy atom. The highest BCUT2D eigenvalue weighted by Gasteiger charge is 2.23. The number of hydrogen-bond donors (Lipinski definition) is 2. The summed E-state index contributed by atoms with van der Waals surface area (Å²) >= 11 is 0. The maximum atomic E-state index is 5.71.